The average molecular weight is 331 g/mol. The Morgan fingerprint density at radius 2 is 2.17 bits per heavy atom. The Kier molecular flexibility index (Phi) is 4.81. The van der Waals surface area contributed by atoms with E-state index in [2.05, 4.69) is 35.2 Å². The van der Waals surface area contributed by atoms with E-state index in [1.165, 1.54) is 18.4 Å². The zero-order valence-electron chi connectivity index (χ0n) is 15.2. The maximum atomic E-state index is 12.7. The number of hydrogen-bond donors (Lipinski definition) is 1. The van der Waals surface area contributed by atoms with E-state index in [9.17, 15) is 4.79 Å². The van der Waals surface area contributed by atoms with Gasteiger partial charge in [0.05, 0.1) is 5.41 Å². The van der Waals surface area contributed by atoms with Crippen LogP contribution >= 0.6 is 0 Å². The molecule has 1 amide bonds. The van der Waals surface area contributed by atoms with Crippen LogP contribution in [-0.4, -0.2) is 48.6 Å². The van der Waals surface area contributed by atoms with Gasteiger partial charge in [0.15, 0.2) is 0 Å². The maximum Gasteiger partial charge on any atom is 0.229 e. The molecule has 0 aromatic carbocycles. The molecule has 5 heteroatoms. The zero-order chi connectivity index (χ0) is 17.3. The number of nitrogens with one attached hydrogen (secondary N) is 1. The lowest BCUT2D eigenvalue weighted by atomic mass is 9.92. The number of likely N-dealkylation sites (N-methyl/N-ethyl adjacent to an activating group) is 1. The molecule has 1 aliphatic heterocycles. The minimum atomic E-state index is -0.584. The van der Waals surface area contributed by atoms with Crippen LogP contribution in [0.5, 0.6) is 5.88 Å². The number of ether oxygens (including phenoxy) is 1. The van der Waals surface area contributed by atoms with E-state index in [1.807, 2.05) is 19.9 Å². The zero-order valence-corrected chi connectivity index (χ0v) is 15.2. The van der Waals surface area contributed by atoms with E-state index >= 15 is 0 Å². The monoisotopic (exact) mass is 331 g/mol. The summed E-state index contributed by atoms with van der Waals surface area (Å²) in [6.07, 6.45) is 4.17. The molecular weight excluding hydrogens is 302 g/mol. The fourth-order valence-electron chi connectivity index (χ4n) is 3.30. The van der Waals surface area contributed by atoms with E-state index < -0.39 is 5.41 Å². The second-order valence-electron chi connectivity index (χ2n) is 8.12. The first-order valence-corrected chi connectivity index (χ1v) is 8.94. The van der Waals surface area contributed by atoms with Crippen LogP contribution in [0.3, 0.4) is 0 Å². The van der Waals surface area contributed by atoms with Crippen molar-refractivity contribution in [1.29, 1.82) is 0 Å². The maximum absolute atomic E-state index is 12.7. The van der Waals surface area contributed by atoms with E-state index in [1.54, 1.807) is 6.20 Å². The Balaban J connectivity index is 1.58. The summed E-state index contributed by atoms with van der Waals surface area (Å²) in [6.45, 7) is 8.34. The Hall–Kier alpha value is -1.62. The van der Waals surface area contributed by atoms with Crippen LogP contribution in [0.4, 0.5) is 0 Å². The number of aromatic nitrogens is 1. The number of carbonyl (C=O) groups excluding carboxylic acids is 1. The van der Waals surface area contributed by atoms with Gasteiger partial charge in [0.1, 0.15) is 6.61 Å². The molecule has 1 N–H and O–H groups in total. The first-order chi connectivity index (χ1) is 11.4. The fourth-order valence-corrected chi connectivity index (χ4v) is 3.30. The van der Waals surface area contributed by atoms with Crippen LogP contribution in [0, 0.1) is 11.3 Å². The molecule has 2 aliphatic rings. The topological polar surface area (TPSA) is 54.5 Å². The van der Waals surface area contributed by atoms with E-state index in [0.717, 1.165) is 13.1 Å². The molecule has 1 saturated carbocycles. The standard InChI is InChI=1S/C19H29N3O2/c1-13-10-22(4)11-16(13)21-18(23)19(2,3)12-24-17-15(14-7-8-14)6-5-9-20-17/h5-6,9,13-14,16H,7-8,10-12H2,1-4H3,(H,21,23)/t13-,16-/m1/s1. The van der Waals surface area contributed by atoms with Gasteiger partial charge in [-0.25, -0.2) is 4.98 Å². The normalized spacial score (nSPS) is 24.8. The highest BCUT2D eigenvalue weighted by Crippen LogP contribution is 2.43. The van der Waals surface area contributed by atoms with Crippen LogP contribution in [0.15, 0.2) is 18.3 Å². The quantitative estimate of drug-likeness (QED) is 0.870. The van der Waals surface area contributed by atoms with Crippen molar-refractivity contribution in [3.05, 3.63) is 23.9 Å². The van der Waals surface area contributed by atoms with Crippen molar-refractivity contribution >= 4 is 5.91 Å². The van der Waals surface area contributed by atoms with Gasteiger partial charge >= 0.3 is 0 Å². The molecule has 24 heavy (non-hydrogen) atoms. The van der Waals surface area contributed by atoms with Gasteiger partial charge < -0.3 is 15.0 Å². The highest BCUT2D eigenvalue weighted by atomic mass is 16.5. The lowest BCUT2D eigenvalue weighted by Gasteiger charge is -2.27. The molecule has 0 radical (unpaired) electrons. The molecule has 1 saturated heterocycles. The Labute approximate surface area is 144 Å². The number of hydrogen-bond acceptors (Lipinski definition) is 4. The predicted octanol–water partition coefficient (Wildman–Crippen LogP) is 2.43. The van der Waals surface area contributed by atoms with Gasteiger partial charge in [-0.3, -0.25) is 4.79 Å². The molecule has 0 unspecified atom stereocenters. The van der Waals surface area contributed by atoms with Crippen molar-refractivity contribution in [2.45, 2.75) is 45.6 Å². The largest absolute Gasteiger partial charge is 0.476 e. The Morgan fingerprint density at radius 1 is 1.42 bits per heavy atom. The second kappa shape index (κ2) is 6.71. The minimum absolute atomic E-state index is 0.0542. The molecule has 1 aliphatic carbocycles. The number of likely N-dealkylation sites (tertiary alicyclic amines) is 1. The molecule has 2 heterocycles. The Morgan fingerprint density at radius 3 is 2.79 bits per heavy atom. The predicted molar refractivity (Wildman–Crippen MR) is 94.1 cm³/mol. The van der Waals surface area contributed by atoms with Crippen LogP contribution < -0.4 is 10.1 Å². The summed E-state index contributed by atoms with van der Waals surface area (Å²) in [5, 5.41) is 3.20. The van der Waals surface area contributed by atoms with Crippen molar-refractivity contribution < 1.29 is 9.53 Å². The molecule has 0 bridgehead atoms. The number of amides is 1. The lowest BCUT2D eigenvalue weighted by Crippen LogP contribution is -2.48. The SMILES string of the molecule is C[C@@H]1CN(C)C[C@H]1NC(=O)C(C)(C)COc1ncccc1C1CC1. The van der Waals surface area contributed by atoms with Gasteiger partial charge in [0.2, 0.25) is 11.8 Å². The molecule has 1 aromatic rings. The van der Waals surface area contributed by atoms with Crippen molar-refractivity contribution in [2.24, 2.45) is 11.3 Å². The molecule has 5 nitrogen and oxygen atoms in total. The van der Waals surface area contributed by atoms with Crippen molar-refractivity contribution in [3.63, 3.8) is 0 Å². The summed E-state index contributed by atoms with van der Waals surface area (Å²) < 4.78 is 5.95. The third kappa shape index (κ3) is 3.89. The molecule has 3 rings (SSSR count). The van der Waals surface area contributed by atoms with Crippen LogP contribution in [0.2, 0.25) is 0 Å². The van der Waals surface area contributed by atoms with Gasteiger partial charge in [-0.2, -0.15) is 0 Å². The molecule has 2 atom stereocenters. The van der Waals surface area contributed by atoms with E-state index in [-0.39, 0.29) is 11.9 Å². The number of pyridine rings is 1. The highest BCUT2D eigenvalue weighted by Gasteiger charge is 2.35. The average Bonchev–Trinajstić information content (AvgIpc) is 3.32. The lowest BCUT2D eigenvalue weighted by molar-refractivity contribution is -0.131. The Bertz CT molecular complexity index is 598. The van der Waals surface area contributed by atoms with Crippen molar-refractivity contribution in [2.75, 3.05) is 26.7 Å². The summed E-state index contributed by atoms with van der Waals surface area (Å²) in [7, 11) is 2.09. The molecule has 2 fully saturated rings. The molecule has 1 aromatic heterocycles. The summed E-state index contributed by atoms with van der Waals surface area (Å²) >= 11 is 0. The molecule has 132 valence electrons. The summed E-state index contributed by atoms with van der Waals surface area (Å²) in [4.78, 5) is 19.3. The molecule has 0 spiro atoms. The summed E-state index contributed by atoms with van der Waals surface area (Å²) in [6, 6.07) is 4.26. The number of carbonyl (C=O) groups is 1. The van der Waals surface area contributed by atoms with Gasteiger partial charge in [0, 0.05) is 30.9 Å². The summed E-state index contributed by atoms with van der Waals surface area (Å²) in [5.41, 5.74) is 0.596. The highest BCUT2D eigenvalue weighted by molar-refractivity contribution is 5.82. The van der Waals surface area contributed by atoms with Gasteiger partial charge in [0.25, 0.3) is 0 Å². The third-order valence-electron chi connectivity index (χ3n) is 5.11. The fraction of sp³-hybridized carbons (Fsp3) is 0.684. The van der Waals surface area contributed by atoms with Crippen LogP contribution in [-0.2, 0) is 4.79 Å². The number of rotatable bonds is 6. The summed E-state index contributed by atoms with van der Waals surface area (Å²) in [5.74, 6) is 1.81. The second-order valence-corrected chi connectivity index (χ2v) is 8.12. The first kappa shape index (κ1) is 17.2. The smallest absolute Gasteiger partial charge is 0.229 e. The van der Waals surface area contributed by atoms with Crippen molar-refractivity contribution in [1.82, 2.24) is 15.2 Å². The van der Waals surface area contributed by atoms with E-state index in [0.29, 0.717) is 24.3 Å². The minimum Gasteiger partial charge on any atom is -0.476 e. The van der Waals surface area contributed by atoms with Gasteiger partial charge in [-0.1, -0.05) is 13.0 Å². The molecular formula is C19H29N3O2. The van der Waals surface area contributed by atoms with Crippen LogP contribution in [0.25, 0.3) is 0 Å². The number of nitrogens with zero attached hydrogens (tertiary/aromatic N) is 2. The van der Waals surface area contributed by atoms with E-state index in [4.69, 9.17) is 4.74 Å². The van der Waals surface area contributed by atoms with Gasteiger partial charge in [-0.15, -0.1) is 0 Å². The first-order valence-electron chi connectivity index (χ1n) is 8.94. The van der Waals surface area contributed by atoms with Crippen molar-refractivity contribution in [3.8, 4) is 5.88 Å². The van der Waals surface area contributed by atoms with Crippen LogP contribution in [0.1, 0.15) is 45.1 Å². The third-order valence-corrected chi connectivity index (χ3v) is 5.11. The van der Waals surface area contributed by atoms with Gasteiger partial charge in [-0.05, 0) is 51.6 Å².